The third-order valence-corrected chi connectivity index (χ3v) is 1.82. The summed E-state index contributed by atoms with van der Waals surface area (Å²) < 4.78 is 14.6. The van der Waals surface area contributed by atoms with E-state index >= 15 is 0 Å². The van der Waals surface area contributed by atoms with Gasteiger partial charge in [-0.3, -0.25) is 4.79 Å². The molecular formula is C9H12N2O4. The van der Waals surface area contributed by atoms with E-state index in [9.17, 15) is 4.79 Å². The molecule has 1 aromatic rings. The highest BCUT2D eigenvalue weighted by atomic mass is 16.5. The number of hydrogen-bond acceptors (Lipinski definition) is 6. The number of hydrogen-bond donors (Lipinski definition) is 1. The van der Waals surface area contributed by atoms with Crippen molar-refractivity contribution >= 4 is 12.3 Å². The molecule has 82 valence electrons. The summed E-state index contributed by atoms with van der Waals surface area (Å²) >= 11 is 0. The predicted molar refractivity (Wildman–Crippen MR) is 52.6 cm³/mol. The van der Waals surface area contributed by atoms with Crippen LogP contribution in [0.15, 0.2) is 6.07 Å². The second kappa shape index (κ2) is 5.04. The summed E-state index contributed by atoms with van der Waals surface area (Å²) in [7, 11) is 2.96. The molecule has 1 rings (SSSR count). The van der Waals surface area contributed by atoms with Gasteiger partial charge < -0.3 is 19.9 Å². The van der Waals surface area contributed by atoms with E-state index in [1.54, 1.807) is 6.07 Å². The Morgan fingerprint density at radius 1 is 1.47 bits per heavy atom. The van der Waals surface area contributed by atoms with Crippen LogP contribution in [0, 0.1) is 0 Å². The fourth-order valence-corrected chi connectivity index (χ4v) is 1.09. The first-order valence-electron chi connectivity index (χ1n) is 4.15. The third-order valence-electron chi connectivity index (χ3n) is 1.82. The number of carbonyl (C=O) groups excluding carboxylic acids is 1. The highest BCUT2D eigenvalue weighted by molar-refractivity contribution is 5.52. The van der Waals surface area contributed by atoms with Crippen LogP contribution in [0.1, 0.15) is 5.56 Å². The molecular weight excluding hydrogens is 200 g/mol. The van der Waals surface area contributed by atoms with Crippen LogP contribution in [-0.2, 0) is 16.1 Å². The smallest absolute Gasteiger partial charge is 0.293 e. The quantitative estimate of drug-likeness (QED) is 0.709. The molecule has 0 spiro atoms. The average molecular weight is 212 g/mol. The van der Waals surface area contributed by atoms with E-state index in [-0.39, 0.29) is 12.4 Å². The van der Waals surface area contributed by atoms with Crippen molar-refractivity contribution in [2.24, 2.45) is 0 Å². The van der Waals surface area contributed by atoms with Crippen molar-refractivity contribution in [3.63, 3.8) is 0 Å². The lowest BCUT2D eigenvalue weighted by Crippen LogP contribution is -2.04. The lowest BCUT2D eigenvalue weighted by Gasteiger charge is -2.11. The van der Waals surface area contributed by atoms with Crippen LogP contribution in [0.4, 0.5) is 5.82 Å². The van der Waals surface area contributed by atoms with Gasteiger partial charge in [0.05, 0.1) is 19.8 Å². The molecule has 0 amide bonds. The van der Waals surface area contributed by atoms with Crippen molar-refractivity contribution < 1.29 is 19.0 Å². The molecule has 6 nitrogen and oxygen atoms in total. The van der Waals surface area contributed by atoms with Gasteiger partial charge in [-0.25, -0.2) is 0 Å². The van der Waals surface area contributed by atoms with Crippen LogP contribution in [0.3, 0.4) is 0 Å². The Morgan fingerprint density at radius 3 is 2.73 bits per heavy atom. The molecule has 2 N–H and O–H groups in total. The first-order chi connectivity index (χ1) is 7.22. The first-order valence-corrected chi connectivity index (χ1v) is 4.15. The van der Waals surface area contributed by atoms with Gasteiger partial charge >= 0.3 is 0 Å². The van der Waals surface area contributed by atoms with E-state index in [0.29, 0.717) is 23.7 Å². The minimum Gasteiger partial charge on any atom is -0.496 e. The Bertz CT molecular complexity index is 354. The number of pyridine rings is 1. The van der Waals surface area contributed by atoms with Crippen LogP contribution < -0.4 is 15.2 Å². The molecule has 0 aliphatic heterocycles. The second-order valence-corrected chi connectivity index (χ2v) is 2.64. The summed E-state index contributed by atoms with van der Waals surface area (Å²) in [5, 5.41) is 0. The Kier molecular flexibility index (Phi) is 3.73. The van der Waals surface area contributed by atoms with Gasteiger partial charge in [0.1, 0.15) is 18.2 Å². The molecule has 1 heterocycles. The largest absolute Gasteiger partial charge is 0.496 e. The maximum absolute atomic E-state index is 10.1. The molecule has 0 aromatic carbocycles. The molecule has 0 atom stereocenters. The highest BCUT2D eigenvalue weighted by Crippen LogP contribution is 2.27. The molecule has 0 bridgehead atoms. The van der Waals surface area contributed by atoms with Gasteiger partial charge in [0.2, 0.25) is 5.88 Å². The van der Waals surface area contributed by atoms with Crippen molar-refractivity contribution in [1.29, 1.82) is 0 Å². The van der Waals surface area contributed by atoms with E-state index in [2.05, 4.69) is 9.72 Å². The van der Waals surface area contributed by atoms with Crippen molar-refractivity contribution in [1.82, 2.24) is 4.98 Å². The summed E-state index contributed by atoms with van der Waals surface area (Å²) in [6.45, 7) is 0.360. The third kappa shape index (κ3) is 2.49. The highest BCUT2D eigenvalue weighted by Gasteiger charge is 2.11. The normalized spacial score (nSPS) is 9.47. The number of nitrogens with zero attached hydrogens (tertiary/aromatic N) is 1. The first kappa shape index (κ1) is 11.1. The van der Waals surface area contributed by atoms with Gasteiger partial charge in [-0.1, -0.05) is 0 Å². The lowest BCUT2D eigenvalue weighted by atomic mass is 10.2. The van der Waals surface area contributed by atoms with E-state index in [1.165, 1.54) is 14.2 Å². The zero-order valence-corrected chi connectivity index (χ0v) is 8.52. The van der Waals surface area contributed by atoms with Crippen LogP contribution in [0.2, 0.25) is 0 Å². The minimum atomic E-state index is 0.0233. The van der Waals surface area contributed by atoms with Crippen LogP contribution >= 0.6 is 0 Å². The molecule has 0 saturated heterocycles. The van der Waals surface area contributed by atoms with Gasteiger partial charge in [-0.2, -0.15) is 4.98 Å². The second-order valence-electron chi connectivity index (χ2n) is 2.64. The lowest BCUT2D eigenvalue weighted by molar-refractivity contribution is -0.129. The van der Waals surface area contributed by atoms with E-state index in [1.807, 2.05) is 0 Å². The fourth-order valence-electron chi connectivity index (χ4n) is 1.09. The standard InChI is InChI=1S/C9H12N2O4/c1-13-7-3-8(14-2)11-9(10)6(7)4-15-5-12/h3,5H,4H2,1-2H3,(H2,10,11). The number of carbonyl (C=O) groups is 1. The fraction of sp³-hybridized carbons (Fsp3) is 0.333. The number of rotatable bonds is 5. The topological polar surface area (TPSA) is 83.7 Å². The predicted octanol–water partition coefficient (Wildman–Crippen LogP) is 0.354. The molecule has 0 aliphatic carbocycles. The van der Waals surface area contributed by atoms with Crippen molar-refractivity contribution in [3.05, 3.63) is 11.6 Å². The molecule has 0 saturated carbocycles. The number of ether oxygens (including phenoxy) is 3. The zero-order chi connectivity index (χ0) is 11.3. The number of methoxy groups -OCH3 is 2. The van der Waals surface area contributed by atoms with Crippen LogP contribution in [-0.4, -0.2) is 25.7 Å². The summed E-state index contributed by atoms with van der Waals surface area (Å²) in [4.78, 5) is 14.0. The number of aromatic nitrogens is 1. The maximum atomic E-state index is 10.1. The number of nitrogens with two attached hydrogens (primary N) is 1. The van der Waals surface area contributed by atoms with E-state index < -0.39 is 0 Å². The summed E-state index contributed by atoms with van der Waals surface area (Å²) in [5.74, 6) is 1.04. The Balaban J connectivity index is 3.06. The Hall–Kier alpha value is -1.98. The SMILES string of the molecule is COc1cc(OC)c(COC=O)c(N)n1. The summed E-state index contributed by atoms with van der Waals surface area (Å²) in [5.41, 5.74) is 6.17. The van der Waals surface area contributed by atoms with Crippen molar-refractivity contribution in [2.75, 3.05) is 20.0 Å². The maximum Gasteiger partial charge on any atom is 0.293 e. The molecule has 1 aromatic heterocycles. The minimum absolute atomic E-state index is 0.0233. The van der Waals surface area contributed by atoms with Gasteiger partial charge in [0.25, 0.3) is 6.47 Å². The monoisotopic (exact) mass is 212 g/mol. The van der Waals surface area contributed by atoms with Crippen molar-refractivity contribution in [3.8, 4) is 11.6 Å². The Labute approximate surface area is 87.0 Å². The molecule has 0 unspecified atom stereocenters. The Morgan fingerprint density at radius 2 is 2.20 bits per heavy atom. The summed E-state index contributed by atoms with van der Waals surface area (Å²) in [6.07, 6.45) is 0. The molecule has 0 aliphatic rings. The number of anilines is 1. The molecule has 0 fully saturated rings. The van der Waals surface area contributed by atoms with Gasteiger partial charge in [-0.15, -0.1) is 0 Å². The van der Waals surface area contributed by atoms with Crippen molar-refractivity contribution in [2.45, 2.75) is 6.61 Å². The van der Waals surface area contributed by atoms with Gasteiger partial charge in [-0.05, 0) is 0 Å². The summed E-state index contributed by atoms with van der Waals surface area (Å²) in [6, 6.07) is 1.57. The average Bonchev–Trinajstić information content (AvgIpc) is 2.26. The van der Waals surface area contributed by atoms with Gasteiger partial charge in [0, 0.05) is 6.07 Å². The van der Waals surface area contributed by atoms with E-state index in [0.717, 1.165) is 0 Å². The molecule has 15 heavy (non-hydrogen) atoms. The van der Waals surface area contributed by atoms with E-state index in [4.69, 9.17) is 15.2 Å². The van der Waals surface area contributed by atoms with Crippen LogP contribution in [0.25, 0.3) is 0 Å². The molecule has 6 heteroatoms. The van der Waals surface area contributed by atoms with Gasteiger partial charge in [0.15, 0.2) is 0 Å². The van der Waals surface area contributed by atoms with Crippen LogP contribution in [0.5, 0.6) is 11.6 Å². The molecule has 0 radical (unpaired) electrons. The number of nitrogen functional groups attached to an aromatic ring is 1. The zero-order valence-electron chi connectivity index (χ0n) is 8.52.